The fourth-order valence-corrected chi connectivity index (χ4v) is 3.14. The molecule has 1 N–H and O–H groups in total. The van der Waals surface area contributed by atoms with Gasteiger partial charge in [-0.1, -0.05) is 33.1 Å². The third-order valence-corrected chi connectivity index (χ3v) is 4.41. The van der Waals surface area contributed by atoms with Crippen LogP contribution in [-0.4, -0.2) is 22.9 Å². The first-order valence-corrected chi connectivity index (χ1v) is 8.54. The Morgan fingerprint density at radius 2 is 2.10 bits per heavy atom. The van der Waals surface area contributed by atoms with Crippen molar-refractivity contribution in [3.63, 3.8) is 0 Å². The monoisotopic (exact) mass is 277 g/mol. The van der Waals surface area contributed by atoms with Gasteiger partial charge in [-0.25, -0.2) is 0 Å². The van der Waals surface area contributed by atoms with Gasteiger partial charge in [0.2, 0.25) is 0 Å². The highest BCUT2D eigenvalue weighted by Gasteiger charge is 2.16. The number of hydrogen-bond acceptors (Lipinski definition) is 2. The minimum absolute atomic E-state index is 0.666. The molecular formula is C17H31N3. The highest BCUT2D eigenvalue weighted by atomic mass is 15.3. The van der Waals surface area contributed by atoms with Crippen molar-refractivity contribution in [3.8, 4) is 0 Å². The van der Waals surface area contributed by atoms with Gasteiger partial charge in [0.05, 0.1) is 11.7 Å². The summed E-state index contributed by atoms with van der Waals surface area (Å²) in [6.07, 6.45) is 12.6. The van der Waals surface area contributed by atoms with Gasteiger partial charge >= 0.3 is 0 Å². The van der Waals surface area contributed by atoms with Crippen molar-refractivity contribution in [1.82, 2.24) is 15.1 Å². The molecule has 0 saturated heterocycles. The van der Waals surface area contributed by atoms with Gasteiger partial charge in [-0.3, -0.25) is 4.68 Å². The highest BCUT2D eigenvalue weighted by molar-refractivity contribution is 5.01. The van der Waals surface area contributed by atoms with Crippen molar-refractivity contribution >= 4 is 0 Å². The minimum Gasteiger partial charge on any atom is -0.317 e. The maximum Gasteiger partial charge on any atom is 0.0627 e. The van der Waals surface area contributed by atoms with E-state index in [0.717, 1.165) is 19.5 Å². The lowest BCUT2D eigenvalue weighted by atomic mass is 9.96. The van der Waals surface area contributed by atoms with Crippen LogP contribution in [0.2, 0.25) is 0 Å². The van der Waals surface area contributed by atoms with Gasteiger partial charge in [0, 0.05) is 6.20 Å². The Labute approximate surface area is 124 Å². The molecule has 1 unspecified atom stereocenters. The normalized spacial score (nSPS) is 18.3. The lowest BCUT2D eigenvalue weighted by Crippen LogP contribution is -2.19. The van der Waals surface area contributed by atoms with Gasteiger partial charge in [0.1, 0.15) is 0 Å². The number of nitrogens with zero attached hydrogens (tertiary/aromatic N) is 2. The van der Waals surface area contributed by atoms with Gasteiger partial charge in [0.25, 0.3) is 0 Å². The second-order valence-electron chi connectivity index (χ2n) is 6.43. The highest BCUT2D eigenvalue weighted by Crippen LogP contribution is 2.27. The summed E-state index contributed by atoms with van der Waals surface area (Å²) in [7, 11) is 0. The van der Waals surface area contributed by atoms with E-state index in [1.54, 1.807) is 0 Å². The lowest BCUT2D eigenvalue weighted by Gasteiger charge is -2.21. The first-order valence-electron chi connectivity index (χ1n) is 8.54. The molecule has 0 amide bonds. The molecule has 114 valence electrons. The van der Waals surface area contributed by atoms with Crippen LogP contribution in [0, 0.1) is 5.92 Å². The SMILES string of the molecule is CCCNCCC(C)Cc1ccn(C2CCCCC2)n1. The average molecular weight is 277 g/mol. The quantitative estimate of drug-likeness (QED) is 0.729. The molecule has 1 aromatic heterocycles. The van der Waals surface area contributed by atoms with Crippen LogP contribution >= 0.6 is 0 Å². The van der Waals surface area contributed by atoms with E-state index in [0.29, 0.717) is 12.0 Å². The Morgan fingerprint density at radius 3 is 2.85 bits per heavy atom. The molecule has 0 aromatic carbocycles. The van der Waals surface area contributed by atoms with E-state index < -0.39 is 0 Å². The van der Waals surface area contributed by atoms with E-state index in [-0.39, 0.29) is 0 Å². The summed E-state index contributed by atoms with van der Waals surface area (Å²) < 4.78 is 2.23. The number of nitrogens with one attached hydrogen (secondary N) is 1. The maximum absolute atomic E-state index is 4.81. The minimum atomic E-state index is 0.666. The summed E-state index contributed by atoms with van der Waals surface area (Å²) in [5.74, 6) is 0.717. The average Bonchev–Trinajstić information content (AvgIpc) is 2.93. The molecule has 1 atom stereocenters. The van der Waals surface area contributed by atoms with Gasteiger partial charge < -0.3 is 5.32 Å². The predicted molar refractivity (Wildman–Crippen MR) is 85.0 cm³/mol. The number of rotatable bonds is 8. The van der Waals surface area contributed by atoms with Crippen molar-refractivity contribution in [2.75, 3.05) is 13.1 Å². The maximum atomic E-state index is 4.81. The van der Waals surface area contributed by atoms with E-state index in [9.17, 15) is 0 Å². The van der Waals surface area contributed by atoms with Gasteiger partial charge in [0.15, 0.2) is 0 Å². The standard InChI is InChI=1S/C17H31N3/c1-3-11-18-12-9-15(2)14-16-10-13-20(19-16)17-7-5-4-6-8-17/h10,13,15,17-18H,3-9,11-12,14H2,1-2H3. The zero-order chi connectivity index (χ0) is 14.2. The molecule has 2 rings (SSSR count). The van der Waals surface area contributed by atoms with Crippen molar-refractivity contribution in [2.45, 2.75) is 71.3 Å². The summed E-state index contributed by atoms with van der Waals surface area (Å²) in [6.45, 7) is 6.84. The third-order valence-electron chi connectivity index (χ3n) is 4.41. The smallest absolute Gasteiger partial charge is 0.0627 e. The first kappa shape index (κ1) is 15.6. The zero-order valence-electron chi connectivity index (χ0n) is 13.3. The third kappa shape index (κ3) is 4.93. The van der Waals surface area contributed by atoms with Crippen LogP contribution in [0.4, 0.5) is 0 Å². The molecule has 0 spiro atoms. The second-order valence-corrected chi connectivity index (χ2v) is 6.43. The summed E-state index contributed by atoms with van der Waals surface area (Å²) in [5.41, 5.74) is 1.28. The topological polar surface area (TPSA) is 29.9 Å². The van der Waals surface area contributed by atoms with Crippen molar-refractivity contribution in [2.24, 2.45) is 5.92 Å². The van der Waals surface area contributed by atoms with Crippen LogP contribution in [0.5, 0.6) is 0 Å². The van der Waals surface area contributed by atoms with E-state index >= 15 is 0 Å². The molecule has 0 aliphatic heterocycles. The van der Waals surface area contributed by atoms with Crippen molar-refractivity contribution in [1.29, 1.82) is 0 Å². The zero-order valence-corrected chi connectivity index (χ0v) is 13.3. The number of hydrogen-bond donors (Lipinski definition) is 1. The molecule has 1 aromatic rings. The molecule has 1 aliphatic carbocycles. The molecular weight excluding hydrogens is 246 g/mol. The Bertz CT molecular complexity index is 366. The summed E-state index contributed by atoms with van der Waals surface area (Å²) in [6, 6.07) is 2.89. The van der Waals surface area contributed by atoms with Crippen molar-refractivity contribution in [3.05, 3.63) is 18.0 Å². The van der Waals surface area contributed by atoms with Gasteiger partial charge in [-0.15, -0.1) is 0 Å². The van der Waals surface area contributed by atoms with Crippen LogP contribution in [0.3, 0.4) is 0 Å². The van der Waals surface area contributed by atoms with E-state index in [1.807, 2.05) is 0 Å². The van der Waals surface area contributed by atoms with Crippen LogP contribution in [0.1, 0.15) is 70.5 Å². The summed E-state index contributed by atoms with van der Waals surface area (Å²) in [4.78, 5) is 0. The van der Waals surface area contributed by atoms with Gasteiger partial charge in [-0.05, 0) is 57.2 Å². The van der Waals surface area contributed by atoms with E-state index in [1.165, 1.54) is 50.6 Å². The molecule has 0 radical (unpaired) electrons. The van der Waals surface area contributed by atoms with Crippen LogP contribution in [0.15, 0.2) is 12.3 Å². The lowest BCUT2D eigenvalue weighted by molar-refractivity contribution is 0.327. The van der Waals surface area contributed by atoms with Crippen molar-refractivity contribution < 1.29 is 0 Å². The summed E-state index contributed by atoms with van der Waals surface area (Å²) >= 11 is 0. The molecule has 3 nitrogen and oxygen atoms in total. The fourth-order valence-electron chi connectivity index (χ4n) is 3.14. The predicted octanol–water partition coefficient (Wildman–Crippen LogP) is 3.96. The molecule has 0 bridgehead atoms. The van der Waals surface area contributed by atoms with E-state index in [2.05, 4.69) is 36.1 Å². The molecule has 1 saturated carbocycles. The van der Waals surface area contributed by atoms with Crippen LogP contribution in [-0.2, 0) is 6.42 Å². The van der Waals surface area contributed by atoms with Gasteiger partial charge in [-0.2, -0.15) is 5.10 Å². The number of aromatic nitrogens is 2. The van der Waals surface area contributed by atoms with E-state index in [4.69, 9.17) is 5.10 Å². The first-order chi connectivity index (χ1) is 9.79. The Hall–Kier alpha value is -0.830. The fraction of sp³-hybridized carbons (Fsp3) is 0.824. The second kappa shape index (κ2) is 8.46. The Balaban J connectivity index is 1.74. The molecule has 3 heteroatoms. The molecule has 20 heavy (non-hydrogen) atoms. The Kier molecular flexibility index (Phi) is 6.58. The summed E-state index contributed by atoms with van der Waals surface area (Å²) in [5, 5.41) is 8.30. The molecule has 1 aliphatic rings. The van der Waals surface area contributed by atoms with Crippen LogP contribution < -0.4 is 5.32 Å². The molecule has 1 heterocycles. The van der Waals surface area contributed by atoms with Crippen LogP contribution in [0.25, 0.3) is 0 Å². The molecule has 1 fully saturated rings. The largest absolute Gasteiger partial charge is 0.317 e. The Morgan fingerprint density at radius 1 is 1.30 bits per heavy atom.